The third kappa shape index (κ3) is 2.95. The van der Waals surface area contributed by atoms with Crippen LogP contribution >= 0.6 is 11.3 Å². The van der Waals surface area contributed by atoms with Crippen molar-refractivity contribution in [2.24, 2.45) is 11.3 Å². The van der Waals surface area contributed by atoms with Crippen LogP contribution in [0.3, 0.4) is 0 Å². The zero-order chi connectivity index (χ0) is 19.5. The van der Waals surface area contributed by atoms with E-state index in [4.69, 9.17) is 4.74 Å². The molecule has 2 aliphatic rings. The van der Waals surface area contributed by atoms with Crippen LogP contribution in [0.5, 0.6) is 5.75 Å². The summed E-state index contributed by atoms with van der Waals surface area (Å²) in [6, 6.07) is 4.35. The molecule has 0 bridgehead atoms. The number of aryl methyl sites for hydroxylation is 4. The summed E-state index contributed by atoms with van der Waals surface area (Å²) in [6.45, 7) is 13.8. The minimum atomic E-state index is 0.327. The van der Waals surface area contributed by atoms with Gasteiger partial charge in [-0.05, 0) is 85.6 Å². The number of ketones is 1. The Kier molecular flexibility index (Phi) is 4.50. The van der Waals surface area contributed by atoms with Crippen molar-refractivity contribution < 1.29 is 9.53 Å². The number of rotatable bonds is 6. The van der Waals surface area contributed by atoms with Gasteiger partial charge in [-0.3, -0.25) is 4.79 Å². The van der Waals surface area contributed by atoms with Crippen LogP contribution in [0, 0.1) is 32.1 Å². The quantitative estimate of drug-likeness (QED) is 0.557. The first-order chi connectivity index (χ1) is 12.8. The molecule has 4 rings (SSSR count). The van der Waals surface area contributed by atoms with E-state index in [-0.39, 0.29) is 0 Å². The van der Waals surface area contributed by atoms with Crippen molar-refractivity contribution in [3.05, 3.63) is 49.7 Å². The molecule has 2 aromatic rings. The molecule has 2 aliphatic carbocycles. The highest BCUT2D eigenvalue weighted by Gasteiger charge is 2.63. The maximum atomic E-state index is 13.0. The van der Waals surface area contributed by atoms with Crippen molar-refractivity contribution in [1.82, 2.24) is 0 Å². The molecule has 144 valence electrons. The second-order valence-corrected chi connectivity index (χ2v) is 10.1. The van der Waals surface area contributed by atoms with E-state index in [1.54, 1.807) is 11.3 Å². The van der Waals surface area contributed by atoms with Crippen LogP contribution in [0.2, 0.25) is 0 Å². The molecule has 1 aromatic carbocycles. The minimum Gasteiger partial charge on any atom is -0.493 e. The topological polar surface area (TPSA) is 26.3 Å². The Morgan fingerprint density at radius 2 is 1.89 bits per heavy atom. The maximum Gasteiger partial charge on any atom is 0.173 e. The molecule has 0 radical (unpaired) electrons. The third-order valence-electron chi connectivity index (χ3n) is 6.72. The highest BCUT2D eigenvalue weighted by Crippen LogP contribution is 2.71. The van der Waals surface area contributed by atoms with Crippen LogP contribution in [0.4, 0.5) is 0 Å². The van der Waals surface area contributed by atoms with Gasteiger partial charge >= 0.3 is 0 Å². The molecular formula is C24H30O2S. The highest BCUT2D eigenvalue weighted by molar-refractivity contribution is 7.14. The number of carbonyl (C=O) groups excluding carboxylic acids is 1. The molecule has 2 atom stereocenters. The highest BCUT2D eigenvalue weighted by atomic mass is 32.1. The number of benzene rings is 1. The van der Waals surface area contributed by atoms with E-state index in [0.29, 0.717) is 30.1 Å². The summed E-state index contributed by atoms with van der Waals surface area (Å²) >= 11 is 1.74. The fraction of sp³-hybridized carbons (Fsp3) is 0.542. The van der Waals surface area contributed by atoms with Gasteiger partial charge in [-0.1, -0.05) is 26.0 Å². The Morgan fingerprint density at radius 1 is 1.22 bits per heavy atom. The molecule has 0 spiro atoms. The fourth-order valence-electron chi connectivity index (χ4n) is 5.28. The van der Waals surface area contributed by atoms with E-state index in [1.807, 2.05) is 6.92 Å². The number of Topliss-reactive ketones (excluding diaryl/α,β-unsaturated/α-hetero) is 1. The number of thiophene rings is 1. The van der Waals surface area contributed by atoms with Gasteiger partial charge in [0.1, 0.15) is 5.75 Å². The Hall–Kier alpha value is -1.61. The number of ether oxygens (including phenoxy) is 1. The minimum absolute atomic E-state index is 0.327. The van der Waals surface area contributed by atoms with Crippen LogP contribution in [0.15, 0.2) is 12.1 Å². The number of hydrogen-bond donors (Lipinski definition) is 0. The Labute approximate surface area is 167 Å². The largest absolute Gasteiger partial charge is 0.493 e. The smallest absolute Gasteiger partial charge is 0.173 e. The first-order valence-corrected chi connectivity index (χ1v) is 11.0. The lowest BCUT2D eigenvalue weighted by Crippen LogP contribution is -2.06. The van der Waals surface area contributed by atoms with Gasteiger partial charge in [-0.25, -0.2) is 0 Å². The van der Waals surface area contributed by atoms with Crippen LogP contribution in [-0.2, 0) is 12.8 Å². The van der Waals surface area contributed by atoms with Gasteiger partial charge < -0.3 is 4.74 Å². The summed E-state index contributed by atoms with van der Waals surface area (Å²) < 4.78 is 5.74. The van der Waals surface area contributed by atoms with E-state index < -0.39 is 0 Å². The summed E-state index contributed by atoms with van der Waals surface area (Å²) in [5.74, 6) is 2.77. The first-order valence-electron chi connectivity index (χ1n) is 10.1. The second-order valence-electron chi connectivity index (χ2n) is 8.90. The molecule has 0 unspecified atom stereocenters. The van der Waals surface area contributed by atoms with Gasteiger partial charge in [0.05, 0.1) is 11.5 Å². The van der Waals surface area contributed by atoms with E-state index in [9.17, 15) is 4.79 Å². The SMILES string of the molecule is CCOc1c(C)cc(CCC(=O)c2sc(C)c3c2C[C@@H]2[C@H]3C2(C)C)cc1C. The molecule has 3 heteroatoms. The average Bonchev–Trinajstić information content (AvgIpc) is 2.94. The third-order valence-corrected chi connectivity index (χ3v) is 7.93. The normalized spacial score (nSPS) is 21.7. The van der Waals surface area contributed by atoms with E-state index >= 15 is 0 Å². The average molecular weight is 383 g/mol. The van der Waals surface area contributed by atoms with Gasteiger partial charge in [-0.15, -0.1) is 11.3 Å². The van der Waals surface area contributed by atoms with E-state index in [1.165, 1.54) is 21.6 Å². The molecule has 2 nitrogen and oxygen atoms in total. The fourth-order valence-corrected chi connectivity index (χ4v) is 6.48. The Morgan fingerprint density at radius 3 is 2.52 bits per heavy atom. The van der Waals surface area contributed by atoms with Gasteiger partial charge in [-0.2, -0.15) is 0 Å². The molecular weight excluding hydrogens is 352 g/mol. The molecule has 0 aliphatic heterocycles. The van der Waals surface area contributed by atoms with Crippen molar-refractivity contribution in [2.45, 2.75) is 66.7 Å². The Balaban J connectivity index is 1.49. The van der Waals surface area contributed by atoms with Gasteiger partial charge in [0.15, 0.2) is 5.78 Å². The number of fused-ring (bicyclic) bond motifs is 3. The first kappa shape index (κ1) is 18.7. The summed E-state index contributed by atoms with van der Waals surface area (Å²) in [5, 5.41) is 0. The molecule has 1 fully saturated rings. The van der Waals surface area contributed by atoms with Crippen molar-refractivity contribution in [2.75, 3.05) is 6.61 Å². The summed E-state index contributed by atoms with van der Waals surface area (Å²) in [4.78, 5) is 15.4. The van der Waals surface area contributed by atoms with Crippen LogP contribution in [-0.4, -0.2) is 12.4 Å². The zero-order valence-corrected chi connectivity index (χ0v) is 18.2. The molecule has 0 N–H and O–H groups in total. The predicted molar refractivity (Wildman–Crippen MR) is 113 cm³/mol. The molecule has 1 saturated carbocycles. The van der Waals surface area contributed by atoms with Crippen LogP contribution in [0.1, 0.15) is 75.5 Å². The van der Waals surface area contributed by atoms with E-state index in [2.05, 4.69) is 46.8 Å². The lowest BCUT2D eigenvalue weighted by molar-refractivity contribution is 0.0985. The van der Waals surface area contributed by atoms with Crippen LogP contribution < -0.4 is 4.74 Å². The van der Waals surface area contributed by atoms with Crippen molar-refractivity contribution in [3.63, 3.8) is 0 Å². The lowest BCUT2D eigenvalue weighted by atomic mass is 9.93. The molecule has 0 amide bonds. The van der Waals surface area contributed by atoms with Gasteiger partial charge in [0.25, 0.3) is 0 Å². The zero-order valence-electron chi connectivity index (χ0n) is 17.4. The second kappa shape index (κ2) is 6.48. The molecule has 1 heterocycles. The standard InChI is InChI=1S/C24H30O2S/c1-7-26-22-13(2)10-16(11-14(22)3)8-9-19(25)23-17-12-18-21(24(18,5)6)20(17)15(4)27-23/h10-11,18,21H,7-9,12H2,1-6H3/t18-,21-/m1/s1. The molecule has 0 saturated heterocycles. The summed E-state index contributed by atoms with van der Waals surface area (Å²) in [7, 11) is 0. The number of carbonyl (C=O) groups is 1. The maximum absolute atomic E-state index is 13.0. The van der Waals surface area contributed by atoms with Gasteiger partial charge in [0, 0.05) is 11.3 Å². The van der Waals surface area contributed by atoms with Crippen molar-refractivity contribution in [1.29, 1.82) is 0 Å². The lowest BCUT2D eigenvalue weighted by Gasteiger charge is -2.13. The number of hydrogen-bond acceptors (Lipinski definition) is 3. The van der Waals surface area contributed by atoms with Gasteiger partial charge in [0.2, 0.25) is 0 Å². The van der Waals surface area contributed by atoms with Crippen LogP contribution in [0.25, 0.3) is 0 Å². The van der Waals surface area contributed by atoms with E-state index in [0.717, 1.165) is 40.5 Å². The predicted octanol–water partition coefficient (Wildman–Crippen LogP) is 6.18. The molecule has 1 aromatic heterocycles. The van der Waals surface area contributed by atoms with Crippen molar-refractivity contribution >= 4 is 17.1 Å². The summed E-state index contributed by atoms with van der Waals surface area (Å²) in [5.41, 5.74) is 6.90. The molecule has 27 heavy (non-hydrogen) atoms. The monoisotopic (exact) mass is 382 g/mol. The summed E-state index contributed by atoms with van der Waals surface area (Å²) in [6.07, 6.45) is 2.51. The van der Waals surface area contributed by atoms with Crippen molar-refractivity contribution in [3.8, 4) is 5.75 Å². The Bertz CT molecular complexity index is 896.